The fourth-order valence-electron chi connectivity index (χ4n) is 1.79. The van der Waals surface area contributed by atoms with Crippen LogP contribution in [-0.4, -0.2) is 31.7 Å². The van der Waals surface area contributed by atoms with Gasteiger partial charge in [-0.25, -0.2) is 4.68 Å². The number of amides is 1. The average Bonchev–Trinajstić information content (AvgIpc) is 3.15. The maximum atomic E-state index is 11.8. The molecule has 3 N–H and O–H groups in total. The van der Waals surface area contributed by atoms with Crippen molar-refractivity contribution in [3.63, 3.8) is 0 Å². The molecule has 0 atom stereocenters. The fraction of sp³-hybridized carbons (Fsp3) is 0.0769. The van der Waals surface area contributed by atoms with Crippen molar-refractivity contribution in [1.82, 2.24) is 20.0 Å². The van der Waals surface area contributed by atoms with E-state index in [1.165, 1.54) is 10.9 Å². The third-order valence-electron chi connectivity index (χ3n) is 2.79. The van der Waals surface area contributed by atoms with Crippen LogP contribution in [0.5, 0.6) is 0 Å². The summed E-state index contributed by atoms with van der Waals surface area (Å²) in [4.78, 5) is 11.8. The molecule has 2 heterocycles. The van der Waals surface area contributed by atoms with Crippen LogP contribution < -0.4 is 11.2 Å². The van der Waals surface area contributed by atoms with Gasteiger partial charge in [-0.1, -0.05) is 40.7 Å². The first-order valence-corrected chi connectivity index (χ1v) is 7.79. The lowest BCUT2D eigenvalue weighted by molar-refractivity contribution is -0.113. The van der Waals surface area contributed by atoms with E-state index in [4.69, 9.17) is 17.4 Å². The van der Waals surface area contributed by atoms with Crippen LogP contribution >= 0.6 is 23.4 Å². The smallest absolute Gasteiger partial charge is 0.236 e. The highest BCUT2D eigenvalue weighted by atomic mass is 35.5. The molecule has 0 radical (unpaired) electrons. The molecule has 2 aromatic heterocycles. The average molecular weight is 351 g/mol. The molecular weight excluding hydrogens is 340 g/mol. The minimum atomic E-state index is -0.254. The maximum Gasteiger partial charge on any atom is 0.236 e. The van der Waals surface area contributed by atoms with E-state index in [0.29, 0.717) is 21.8 Å². The third-order valence-corrected chi connectivity index (χ3v) is 3.96. The summed E-state index contributed by atoms with van der Waals surface area (Å²) >= 11 is 7.11. The molecule has 0 unspecified atom stereocenters. The van der Waals surface area contributed by atoms with Crippen molar-refractivity contribution in [2.45, 2.75) is 5.16 Å². The number of nitrogens with zero attached hydrogens (tertiary/aromatic N) is 4. The molecule has 3 rings (SSSR count). The number of carbonyl (C=O) groups is 1. The Morgan fingerprint density at radius 2 is 2.26 bits per heavy atom. The SMILES string of the molecule is Nn1c(SCC(=O)Nc2ccon2)nnc1-c1cccc(Cl)c1. The highest BCUT2D eigenvalue weighted by Crippen LogP contribution is 2.23. The van der Waals surface area contributed by atoms with E-state index in [1.807, 2.05) is 6.07 Å². The van der Waals surface area contributed by atoms with Gasteiger partial charge in [0.05, 0.1) is 5.75 Å². The van der Waals surface area contributed by atoms with Gasteiger partial charge in [0.1, 0.15) is 6.26 Å². The quantitative estimate of drug-likeness (QED) is 0.534. The minimum Gasteiger partial charge on any atom is -0.363 e. The lowest BCUT2D eigenvalue weighted by Gasteiger charge is -2.04. The van der Waals surface area contributed by atoms with Gasteiger partial charge in [-0.05, 0) is 12.1 Å². The lowest BCUT2D eigenvalue weighted by atomic mass is 10.2. The summed E-state index contributed by atoms with van der Waals surface area (Å²) in [5.41, 5.74) is 0.742. The van der Waals surface area contributed by atoms with Crippen molar-refractivity contribution < 1.29 is 9.32 Å². The number of anilines is 1. The van der Waals surface area contributed by atoms with Crippen molar-refractivity contribution in [1.29, 1.82) is 0 Å². The van der Waals surface area contributed by atoms with Crippen LogP contribution in [0, 0.1) is 0 Å². The Morgan fingerprint density at radius 3 is 3.00 bits per heavy atom. The number of nitrogens with one attached hydrogen (secondary N) is 1. The van der Waals surface area contributed by atoms with Crippen molar-refractivity contribution in [2.75, 3.05) is 16.9 Å². The molecule has 1 aromatic carbocycles. The monoisotopic (exact) mass is 350 g/mol. The first-order valence-electron chi connectivity index (χ1n) is 6.43. The fourth-order valence-corrected chi connectivity index (χ4v) is 2.63. The second kappa shape index (κ2) is 6.71. The molecule has 0 spiro atoms. The Hall–Kier alpha value is -2.52. The summed E-state index contributed by atoms with van der Waals surface area (Å²) in [5, 5.41) is 15.2. The van der Waals surface area contributed by atoms with Gasteiger partial charge in [0.25, 0.3) is 0 Å². The van der Waals surface area contributed by atoms with Gasteiger partial charge in [0, 0.05) is 16.7 Å². The summed E-state index contributed by atoms with van der Waals surface area (Å²) in [6.45, 7) is 0. The molecule has 10 heteroatoms. The van der Waals surface area contributed by atoms with E-state index in [1.54, 1.807) is 24.3 Å². The van der Waals surface area contributed by atoms with Crippen LogP contribution in [0.15, 0.2) is 46.3 Å². The highest BCUT2D eigenvalue weighted by Gasteiger charge is 2.14. The summed E-state index contributed by atoms with van der Waals surface area (Å²) < 4.78 is 5.95. The number of thioether (sulfide) groups is 1. The second-order valence-corrected chi connectivity index (χ2v) is 5.79. The molecule has 8 nitrogen and oxygen atoms in total. The van der Waals surface area contributed by atoms with Crippen LogP contribution in [0.3, 0.4) is 0 Å². The molecule has 0 bridgehead atoms. The number of carbonyl (C=O) groups excluding carboxylic acids is 1. The number of hydrogen-bond donors (Lipinski definition) is 2. The first-order chi connectivity index (χ1) is 11.1. The summed E-state index contributed by atoms with van der Waals surface area (Å²) in [6, 6.07) is 8.66. The van der Waals surface area contributed by atoms with Gasteiger partial charge in [0.2, 0.25) is 11.1 Å². The Balaban J connectivity index is 1.66. The predicted octanol–water partition coefficient (Wildman–Crippen LogP) is 2.03. The number of hydrogen-bond acceptors (Lipinski definition) is 7. The largest absolute Gasteiger partial charge is 0.363 e. The van der Waals surface area contributed by atoms with E-state index in [9.17, 15) is 4.79 Å². The molecule has 23 heavy (non-hydrogen) atoms. The van der Waals surface area contributed by atoms with E-state index < -0.39 is 0 Å². The Labute approximate surface area is 140 Å². The molecule has 1 amide bonds. The molecular formula is C13H11ClN6O2S. The van der Waals surface area contributed by atoms with Crippen LogP contribution in [0.1, 0.15) is 0 Å². The predicted molar refractivity (Wildman–Crippen MR) is 86.5 cm³/mol. The number of halogens is 1. The highest BCUT2D eigenvalue weighted by molar-refractivity contribution is 7.99. The Morgan fingerprint density at radius 1 is 1.39 bits per heavy atom. The summed E-state index contributed by atoms with van der Waals surface area (Å²) in [7, 11) is 0. The third kappa shape index (κ3) is 3.63. The minimum absolute atomic E-state index is 0.109. The van der Waals surface area contributed by atoms with E-state index in [0.717, 1.165) is 17.3 Å². The van der Waals surface area contributed by atoms with E-state index in [-0.39, 0.29) is 11.7 Å². The maximum absolute atomic E-state index is 11.8. The molecule has 0 aliphatic rings. The zero-order valence-corrected chi connectivity index (χ0v) is 13.2. The van der Waals surface area contributed by atoms with Gasteiger partial charge >= 0.3 is 0 Å². The molecule has 0 aliphatic heterocycles. The zero-order chi connectivity index (χ0) is 16.2. The number of aromatic nitrogens is 4. The molecule has 0 fully saturated rings. The van der Waals surface area contributed by atoms with Gasteiger partial charge in [-0.3, -0.25) is 4.79 Å². The van der Waals surface area contributed by atoms with Gasteiger partial charge in [-0.15, -0.1) is 10.2 Å². The summed E-state index contributed by atoms with van der Waals surface area (Å²) in [6.07, 6.45) is 1.37. The van der Waals surface area contributed by atoms with Gasteiger partial charge < -0.3 is 15.7 Å². The van der Waals surface area contributed by atoms with E-state index >= 15 is 0 Å². The zero-order valence-electron chi connectivity index (χ0n) is 11.6. The topological polar surface area (TPSA) is 112 Å². The van der Waals surface area contributed by atoms with Crippen molar-refractivity contribution in [3.05, 3.63) is 41.6 Å². The Kier molecular flexibility index (Phi) is 4.49. The first kappa shape index (κ1) is 15.4. The number of benzene rings is 1. The molecule has 0 saturated carbocycles. The molecule has 0 aliphatic carbocycles. The van der Waals surface area contributed by atoms with Crippen LogP contribution in [0.4, 0.5) is 5.82 Å². The number of nitrogen functional groups attached to an aromatic ring is 1. The number of rotatable bonds is 5. The second-order valence-electron chi connectivity index (χ2n) is 4.41. The van der Waals surface area contributed by atoms with Gasteiger partial charge in [-0.2, -0.15) is 0 Å². The van der Waals surface area contributed by atoms with Gasteiger partial charge in [0.15, 0.2) is 11.6 Å². The number of nitrogens with two attached hydrogens (primary N) is 1. The normalized spacial score (nSPS) is 10.7. The molecule has 3 aromatic rings. The van der Waals surface area contributed by atoms with Crippen LogP contribution in [0.25, 0.3) is 11.4 Å². The summed E-state index contributed by atoms with van der Waals surface area (Å²) in [5.74, 6) is 6.65. The van der Waals surface area contributed by atoms with E-state index in [2.05, 4.69) is 25.2 Å². The Bertz CT molecular complexity index is 820. The van der Waals surface area contributed by atoms with Crippen molar-refractivity contribution in [3.8, 4) is 11.4 Å². The van der Waals surface area contributed by atoms with Crippen LogP contribution in [-0.2, 0) is 4.79 Å². The van der Waals surface area contributed by atoms with Crippen molar-refractivity contribution >= 4 is 35.1 Å². The molecule has 0 saturated heterocycles. The molecule has 118 valence electrons. The van der Waals surface area contributed by atoms with Crippen molar-refractivity contribution in [2.24, 2.45) is 0 Å². The lowest BCUT2D eigenvalue weighted by Crippen LogP contribution is -2.16. The standard InChI is InChI=1S/C13H11ClN6O2S/c14-9-3-1-2-8(6-9)12-17-18-13(20(12)15)23-7-11(21)16-10-4-5-22-19-10/h1-6H,7,15H2,(H,16,19,21). The van der Waals surface area contributed by atoms with Crippen LogP contribution in [0.2, 0.25) is 5.02 Å².